The Labute approximate surface area is 209 Å². The van der Waals surface area contributed by atoms with Crippen LogP contribution in [0.2, 0.25) is 0 Å². The molecule has 4 rings (SSSR count). The molecule has 0 N–H and O–H groups in total. The van der Waals surface area contributed by atoms with Gasteiger partial charge < -0.3 is 0 Å². The zero-order valence-corrected chi connectivity index (χ0v) is 21.0. The lowest BCUT2D eigenvalue weighted by Crippen LogP contribution is -2.00. The fraction of sp³-hybridized carbons (Fsp3) is 0.100. The van der Waals surface area contributed by atoms with Crippen LogP contribution in [0.25, 0.3) is 39.7 Å². The fourth-order valence-electron chi connectivity index (χ4n) is 3.54. The molecule has 0 atom stereocenters. The van der Waals surface area contributed by atoms with Crippen LogP contribution >= 0.6 is 15.9 Å². The molecule has 4 heteroatoms. The van der Waals surface area contributed by atoms with Crippen molar-refractivity contribution in [2.75, 3.05) is 0 Å². The van der Waals surface area contributed by atoms with Gasteiger partial charge in [0.1, 0.15) is 0 Å². The molecule has 0 aliphatic heterocycles. The minimum absolute atomic E-state index is 0.645. The van der Waals surface area contributed by atoms with Gasteiger partial charge >= 0.3 is 0 Å². The van der Waals surface area contributed by atoms with Crippen molar-refractivity contribution >= 4 is 21.5 Å². The Balaban J connectivity index is 1.74. The van der Waals surface area contributed by atoms with E-state index in [9.17, 15) is 0 Å². The van der Waals surface area contributed by atoms with Crippen molar-refractivity contribution in [3.05, 3.63) is 119 Å². The first kappa shape index (κ1) is 23.5. The second-order valence-electron chi connectivity index (χ2n) is 8.07. The molecule has 0 spiro atoms. The van der Waals surface area contributed by atoms with Gasteiger partial charge in [0.05, 0.1) is 0 Å². The standard InChI is InChI=1S/C30H26BrN3/c1-4-22(13-8-10-21(2)3)23-16-18-25(19-17-23)29-32-28(24-11-6-5-7-12-24)33-30(34-29)26-14-9-15-27(31)20-26/h4-9,11-20H,2,10H2,1,3H3/b13-8-,22-4+. The maximum atomic E-state index is 4.82. The molecule has 0 aliphatic carbocycles. The molecule has 0 aliphatic rings. The summed E-state index contributed by atoms with van der Waals surface area (Å²) in [5.41, 5.74) is 6.30. The molecule has 3 aromatic carbocycles. The second-order valence-corrected chi connectivity index (χ2v) is 8.98. The van der Waals surface area contributed by atoms with E-state index in [0.717, 1.165) is 38.7 Å². The molecule has 34 heavy (non-hydrogen) atoms. The minimum atomic E-state index is 0.645. The number of halogens is 1. The first-order chi connectivity index (χ1) is 16.5. The second kappa shape index (κ2) is 11.0. The Morgan fingerprint density at radius 3 is 1.97 bits per heavy atom. The molecule has 0 saturated carbocycles. The Kier molecular flexibility index (Phi) is 7.61. The molecule has 168 valence electrons. The van der Waals surface area contributed by atoms with Gasteiger partial charge in [-0.25, -0.2) is 15.0 Å². The van der Waals surface area contributed by atoms with Gasteiger partial charge in [-0.2, -0.15) is 0 Å². The number of aromatic nitrogens is 3. The van der Waals surface area contributed by atoms with Gasteiger partial charge in [0.2, 0.25) is 0 Å². The molecule has 0 unspecified atom stereocenters. The highest BCUT2D eigenvalue weighted by molar-refractivity contribution is 9.10. The third-order valence-corrected chi connectivity index (χ3v) is 5.79. The van der Waals surface area contributed by atoms with Crippen molar-refractivity contribution in [3.63, 3.8) is 0 Å². The smallest absolute Gasteiger partial charge is 0.164 e. The van der Waals surface area contributed by atoms with Gasteiger partial charge in [0.15, 0.2) is 17.5 Å². The molecule has 0 radical (unpaired) electrons. The van der Waals surface area contributed by atoms with Crippen LogP contribution in [0.5, 0.6) is 0 Å². The van der Waals surface area contributed by atoms with E-state index in [1.807, 2.05) is 61.5 Å². The summed E-state index contributed by atoms with van der Waals surface area (Å²) in [6.45, 7) is 8.06. The van der Waals surface area contributed by atoms with Crippen molar-refractivity contribution in [2.45, 2.75) is 20.3 Å². The maximum Gasteiger partial charge on any atom is 0.164 e. The predicted octanol–water partition coefficient (Wildman–Crippen LogP) is 8.56. The van der Waals surface area contributed by atoms with E-state index in [-0.39, 0.29) is 0 Å². The summed E-state index contributed by atoms with van der Waals surface area (Å²) in [4.78, 5) is 14.4. The normalized spacial score (nSPS) is 11.7. The van der Waals surface area contributed by atoms with Gasteiger partial charge in [-0.05, 0) is 43.5 Å². The average Bonchev–Trinajstić information content (AvgIpc) is 2.87. The zero-order valence-electron chi connectivity index (χ0n) is 19.4. The number of allylic oxidation sites excluding steroid dienone is 5. The first-order valence-electron chi connectivity index (χ1n) is 11.2. The molecule has 0 fully saturated rings. The third-order valence-electron chi connectivity index (χ3n) is 5.30. The van der Waals surface area contributed by atoms with Crippen LogP contribution in [0.1, 0.15) is 25.8 Å². The van der Waals surface area contributed by atoms with E-state index in [1.165, 1.54) is 5.57 Å². The summed E-state index contributed by atoms with van der Waals surface area (Å²) in [5.74, 6) is 1.95. The lowest BCUT2D eigenvalue weighted by Gasteiger charge is -2.09. The zero-order chi connectivity index (χ0) is 23.9. The van der Waals surface area contributed by atoms with E-state index >= 15 is 0 Å². The summed E-state index contributed by atoms with van der Waals surface area (Å²) < 4.78 is 0.983. The van der Waals surface area contributed by atoms with Crippen LogP contribution in [0.15, 0.2) is 114 Å². The number of nitrogens with zero attached hydrogens (tertiary/aromatic N) is 3. The molecule has 0 amide bonds. The van der Waals surface area contributed by atoms with E-state index in [1.54, 1.807) is 0 Å². The number of benzene rings is 3. The summed E-state index contributed by atoms with van der Waals surface area (Å²) >= 11 is 3.55. The summed E-state index contributed by atoms with van der Waals surface area (Å²) in [5, 5.41) is 0. The highest BCUT2D eigenvalue weighted by atomic mass is 79.9. The Morgan fingerprint density at radius 2 is 1.38 bits per heavy atom. The summed E-state index contributed by atoms with van der Waals surface area (Å²) in [7, 11) is 0. The molecular weight excluding hydrogens is 482 g/mol. The van der Waals surface area contributed by atoms with Gasteiger partial charge in [0.25, 0.3) is 0 Å². The van der Waals surface area contributed by atoms with Gasteiger partial charge in [-0.1, -0.05) is 113 Å². The average molecular weight is 508 g/mol. The highest BCUT2D eigenvalue weighted by Crippen LogP contribution is 2.27. The molecular formula is C30H26BrN3. The van der Waals surface area contributed by atoms with Crippen LogP contribution < -0.4 is 0 Å². The molecule has 0 saturated heterocycles. The van der Waals surface area contributed by atoms with Crippen LogP contribution in [0, 0.1) is 0 Å². The number of hydrogen-bond acceptors (Lipinski definition) is 3. The van der Waals surface area contributed by atoms with E-state index in [2.05, 4.69) is 71.9 Å². The molecule has 1 heterocycles. The fourth-order valence-corrected chi connectivity index (χ4v) is 3.94. The highest BCUT2D eigenvalue weighted by Gasteiger charge is 2.12. The predicted molar refractivity (Wildman–Crippen MR) is 146 cm³/mol. The van der Waals surface area contributed by atoms with E-state index < -0.39 is 0 Å². The number of hydrogen-bond donors (Lipinski definition) is 0. The first-order valence-corrected chi connectivity index (χ1v) is 12.0. The molecule has 3 nitrogen and oxygen atoms in total. The third kappa shape index (κ3) is 5.83. The summed E-state index contributed by atoms with van der Waals surface area (Å²) in [6.07, 6.45) is 7.28. The van der Waals surface area contributed by atoms with Crippen LogP contribution in [-0.4, -0.2) is 15.0 Å². The Bertz CT molecular complexity index is 1350. The van der Waals surface area contributed by atoms with Crippen molar-refractivity contribution in [3.8, 4) is 34.2 Å². The molecule has 0 bridgehead atoms. The lowest BCUT2D eigenvalue weighted by atomic mass is 10.0. The van der Waals surface area contributed by atoms with Crippen LogP contribution in [-0.2, 0) is 0 Å². The van der Waals surface area contributed by atoms with Crippen LogP contribution in [0.3, 0.4) is 0 Å². The maximum absolute atomic E-state index is 4.82. The van der Waals surface area contributed by atoms with Crippen LogP contribution in [0.4, 0.5) is 0 Å². The van der Waals surface area contributed by atoms with Gasteiger partial charge in [0, 0.05) is 21.2 Å². The SMILES string of the molecule is C=C(C)C/C=C\C(=C/C)c1ccc(-c2nc(-c3ccccc3)nc(-c3cccc(Br)c3)n2)cc1. The van der Waals surface area contributed by atoms with Crippen molar-refractivity contribution < 1.29 is 0 Å². The van der Waals surface area contributed by atoms with Crippen molar-refractivity contribution in [1.82, 2.24) is 15.0 Å². The Morgan fingerprint density at radius 1 is 0.794 bits per heavy atom. The van der Waals surface area contributed by atoms with E-state index in [0.29, 0.717) is 17.5 Å². The van der Waals surface area contributed by atoms with Gasteiger partial charge in [-0.3, -0.25) is 0 Å². The number of rotatable bonds is 7. The molecule has 4 aromatic rings. The quantitative estimate of drug-likeness (QED) is 0.185. The van der Waals surface area contributed by atoms with Crippen molar-refractivity contribution in [2.24, 2.45) is 0 Å². The molecule has 1 aromatic heterocycles. The monoisotopic (exact) mass is 507 g/mol. The summed E-state index contributed by atoms with van der Waals surface area (Å²) in [6, 6.07) is 26.4. The van der Waals surface area contributed by atoms with E-state index in [4.69, 9.17) is 15.0 Å². The van der Waals surface area contributed by atoms with Gasteiger partial charge in [-0.15, -0.1) is 0 Å². The Hall–Kier alpha value is -3.63. The minimum Gasteiger partial charge on any atom is -0.208 e. The van der Waals surface area contributed by atoms with Crippen molar-refractivity contribution in [1.29, 1.82) is 0 Å². The topological polar surface area (TPSA) is 38.7 Å². The largest absolute Gasteiger partial charge is 0.208 e. The lowest BCUT2D eigenvalue weighted by molar-refractivity contribution is 1.07.